The van der Waals surface area contributed by atoms with Gasteiger partial charge in [0.25, 0.3) is 5.91 Å². The van der Waals surface area contributed by atoms with Gasteiger partial charge in [-0.2, -0.15) is 5.10 Å². The van der Waals surface area contributed by atoms with E-state index in [2.05, 4.69) is 15.1 Å². The van der Waals surface area contributed by atoms with Crippen LogP contribution in [-0.4, -0.2) is 69.3 Å². The molecule has 0 bridgehead atoms. The van der Waals surface area contributed by atoms with Crippen LogP contribution < -0.4 is 4.90 Å². The van der Waals surface area contributed by atoms with Gasteiger partial charge in [0, 0.05) is 46.1 Å². The Morgan fingerprint density at radius 3 is 2.66 bits per heavy atom. The average Bonchev–Trinajstić information content (AvgIpc) is 3.06. The van der Waals surface area contributed by atoms with Crippen molar-refractivity contribution in [2.75, 3.05) is 38.7 Å². The molecule has 1 saturated heterocycles. The first kappa shape index (κ1) is 20.8. The maximum atomic E-state index is 13.6. The van der Waals surface area contributed by atoms with E-state index in [-0.39, 0.29) is 5.91 Å². The van der Waals surface area contributed by atoms with Gasteiger partial charge in [-0.15, -0.1) is 0 Å². The van der Waals surface area contributed by atoms with Gasteiger partial charge in [0.15, 0.2) is 5.65 Å². The lowest BCUT2D eigenvalue weighted by Crippen LogP contribution is -2.49. The van der Waals surface area contributed by atoms with Gasteiger partial charge in [0.1, 0.15) is 5.60 Å². The lowest BCUT2D eigenvalue weighted by molar-refractivity contribution is -0.0966. The topological polar surface area (TPSA) is 89.3 Å². The standard InChI is InChI=1S/C23H29N7O2/c1-14-12-17(18-15(2)27-29(5)20(18)25-14)21(31)30-9-7-23(8-10-30)19-16(6-11-32-23)13-24-22(26-19)28(3)4/h12-13H,6-11H2,1-5H3. The number of aromatic nitrogens is 5. The molecule has 1 fully saturated rings. The summed E-state index contributed by atoms with van der Waals surface area (Å²) in [4.78, 5) is 31.3. The van der Waals surface area contributed by atoms with Crippen LogP contribution in [0.5, 0.6) is 0 Å². The largest absolute Gasteiger partial charge is 0.368 e. The first-order valence-electron chi connectivity index (χ1n) is 11.1. The number of carbonyl (C=O) groups excluding carboxylic acids is 1. The Bertz CT molecular complexity index is 1210. The van der Waals surface area contributed by atoms with Crippen molar-refractivity contribution in [1.82, 2.24) is 29.6 Å². The van der Waals surface area contributed by atoms with Gasteiger partial charge in [0.05, 0.1) is 28.9 Å². The van der Waals surface area contributed by atoms with Crippen molar-refractivity contribution >= 4 is 22.9 Å². The molecule has 3 aromatic heterocycles. The quantitative estimate of drug-likeness (QED) is 0.609. The first-order valence-corrected chi connectivity index (χ1v) is 11.1. The molecule has 168 valence electrons. The highest BCUT2D eigenvalue weighted by atomic mass is 16.5. The summed E-state index contributed by atoms with van der Waals surface area (Å²) < 4.78 is 8.09. The zero-order valence-electron chi connectivity index (χ0n) is 19.3. The molecule has 0 saturated carbocycles. The van der Waals surface area contributed by atoms with E-state index in [0.29, 0.717) is 31.2 Å². The third-order valence-corrected chi connectivity index (χ3v) is 6.62. The van der Waals surface area contributed by atoms with Crippen LogP contribution in [0, 0.1) is 13.8 Å². The zero-order valence-corrected chi connectivity index (χ0v) is 19.3. The van der Waals surface area contributed by atoms with Gasteiger partial charge in [-0.1, -0.05) is 0 Å². The number of amides is 1. The minimum Gasteiger partial charge on any atom is -0.368 e. The molecule has 2 aliphatic rings. The van der Waals surface area contributed by atoms with Crippen LogP contribution in [0.15, 0.2) is 12.3 Å². The summed E-state index contributed by atoms with van der Waals surface area (Å²) in [5, 5.41) is 5.32. The maximum absolute atomic E-state index is 13.6. The van der Waals surface area contributed by atoms with E-state index < -0.39 is 5.60 Å². The van der Waals surface area contributed by atoms with E-state index in [0.717, 1.165) is 52.9 Å². The van der Waals surface area contributed by atoms with E-state index in [1.54, 1.807) is 4.68 Å². The smallest absolute Gasteiger partial charge is 0.254 e. The van der Waals surface area contributed by atoms with E-state index in [1.807, 2.05) is 57.1 Å². The molecule has 0 unspecified atom stereocenters. The number of piperidine rings is 1. The summed E-state index contributed by atoms with van der Waals surface area (Å²) in [5.41, 5.74) is 4.75. The monoisotopic (exact) mass is 435 g/mol. The normalized spacial score (nSPS) is 17.6. The van der Waals surface area contributed by atoms with Crippen molar-refractivity contribution in [3.05, 3.63) is 40.5 Å². The van der Waals surface area contributed by atoms with Crippen molar-refractivity contribution < 1.29 is 9.53 Å². The Hall–Kier alpha value is -3.07. The number of anilines is 1. The number of hydrogen-bond acceptors (Lipinski definition) is 7. The van der Waals surface area contributed by atoms with Crippen LogP contribution in [-0.2, 0) is 23.8 Å². The van der Waals surface area contributed by atoms with E-state index in [1.165, 1.54) is 0 Å². The summed E-state index contributed by atoms with van der Waals surface area (Å²) in [6.45, 7) is 5.73. The van der Waals surface area contributed by atoms with Gasteiger partial charge in [-0.05, 0) is 44.7 Å². The number of likely N-dealkylation sites (tertiary alicyclic amines) is 1. The van der Waals surface area contributed by atoms with Crippen LogP contribution in [0.3, 0.4) is 0 Å². The fourth-order valence-corrected chi connectivity index (χ4v) is 4.98. The Morgan fingerprint density at radius 1 is 1.19 bits per heavy atom. The second-order valence-corrected chi connectivity index (χ2v) is 9.04. The minimum atomic E-state index is -0.453. The van der Waals surface area contributed by atoms with Crippen LogP contribution in [0.2, 0.25) is 0 Å². The van der Waals surface area contributed by atoms with E-state index in [4.69, 9.17) is 9.72 Å². The number of hydrogen-bond donors (Lipinski definition) is 0. The molecule has 1 amide bonds. The van der Waals surface area contributed by atoms with Crippen molar-refractivity contribution in [2.45, 2.75) is 38.7 Å². The second kappa shape index (κ2) is 7.51. The first-order chi connectivity index (χ1) is 15.3. The van der Waals surface area contributed by atoms with Crippen molar-refractivity contribution in [1.29, 1.82) is 0 Å². The molecular formula is C23H29N7O2. The average molecular weight is 436 g/mol. The van der Waals surface area contributed by atoms with Gasteiger partial charge in [-0.3, -0.25) is 9.48 Å². The zero-order chi connectivity index (χ0) is 22.6. The number of nitrogens with zero attached hydrogens (tertiary/aromatic N) is 7. The second-order valence-electron chi connectivity index (χ2n) is 9.04. The highest BCUT2D eigenvalue weighted by Crippen LogP contribution is 2.41. The van der Waals surface area contributed by atoms with Gasteiger partial charge in [-0.25, -0.2) is 15.0 Å². The summed E-state index contributed by atoms with van der Waals surface area (Å²) in [6, 6.07) is 1.88. The molecule has 5 rings (SSSR count). The van der Waals surface area contributed by atoms with Crippen molar-refractivity contribution in [2.24, 2.45) is 7.05 Å². The predicted octanol–water partition coefficient (Wildman–Crippen LogP) is 2.15. The number of ether oxygens (including phenoxy) is 1. The number of fused-ring (bicyclic) bond motifs is 3. The lowest BCUT2D eigenvalue weighted by atomic mass is 9.83. The highest BCUT2D eigenvalue weighted by molar-refractivity contribution is 6.06. The number of carbonyl (C=O) groups is 1. The van der Waals surface area contributed by atoms with Crippen molar-refractivity contribution in [3.8, 4) is 0 Å². The molecule has 9 nitrogen and oxygen atoms in total. The lowest BCUT2D eigenvalue weighted by Gasteiger charge is -2.44. The fraction of sp³-hybridized carbons (Fsp3) is 0.522. The van der Waals surface area contributed by atoms with Gasteiger partial charge < -0.3 is 14.5 Å². The summed E-state index contributed by atoms with van der Waals surface area (Å²) in [7, 11) is 5.75. The van der Waals surface area contributed by atoms with Crippen molar-refractivity contribution in [3.63, 3.8) is 0 Å². The molecule has 0 aromatic carbocycles. The molecule has 9 heteroatoms. The Labute approximate surface area is 187 Å². The summed E-state index contributed by atoms with van der Waals surface area (Å²) in [5.74, 6) is 0.716. The summed E-state index contributed by atoms with van der Waals surface area (Å²) in [6.07, 6.45) is 4.19. The number of pyridine rings is 1. The van der Waals surface area contributed by atoms with E-state index >= 15 is 0 Å². The summed E-state index contributed by atoms with van der Waals surface area (Å²) >= 11 is 0. The highest BCUT2D eigenvalue weighted by Gasteiger charge is 2.43. The predicted molar refractivity (Wildman–Crippen MR) is 121 cm³/mol. The molecule has 0 atom stereocenters. The maximum Gasteiger partial charge on any atom is 0.254 e. The molecule has 0 N–H and O–H groups in total. The van der Waals surface area contributed by atoms with Crippen LogP contribution in [0.25, 0.3) is 11.0 Å². The molecule has 2 aliphatic heterocycles. The number of aryl methyl sites for hydroxylation is 3. The Balaban J connectivity index is 1.44. The van der Waals surface area contributed by atoms with Crippen LogP contribution in [0.4, 0.5) is 5.95 Å². The third kappa shape index (κ3) is 3.23. The number of rotatable bonds is 2. The molecular weight excluding hydrogens is 406 g/mol. The van der Waals surface area contributed by atoms with E-state index in [9.17, 15) is 4.79 Å². The van der Waals surface area contributed by atoms with Gasteiger partial charge in [0.2, 0.25) is 5.95 Å². The SMILES string of the molecule is Cc1cc(C(=O)N2CCC3(CC2)OCCc2cnc(N(C)C)nc23)c2c(C)nn(C)c2n1. The molecule has 0 radical (unpaired) electrons. The molecule has 32 heavy (non-hydrogen) atoms. The molecule has 0 aliphatic carbocycles. The van der Waals surface area contributed by atoms with Crippen LogP contribution >= 0.6 is 0 Å². The molecule has 5 heterocycles. The molecule has 1 spiro atoms. The molecule has 3 aromatic rings. The minimum absolute atomic E-state index is 0.0270. The Kier molecular flexibility index (Phi) is 4.88. The Morgan fingerprint density at radius 2 is 1.94 bits per heavy atom. The van der Waals surface area contributed by atoms with Gasteiger partial charge >= 0.3 is 0 Å². The van der Waals surface area contributed by atoms with Crippen LogP contribution in [0.1, 0.15) is 45.8 Å². The fourth-order valence-electron chi connectivity index (χ4n) is 4.98. The third-order valence-electron chi connectivity index (χ3n) is 6.62.